The van der Waals surface area contributed by atoms with Gasteiger partial charge in [0.25, 0.3) is 0 Å². The van der Waals surface area contributed by atoms with Crippen LogP contribution in [-0.4, -0.2) is 45.7 Å². The van der Waals surface area contributed by atoms with Crippen LogP contribution in [0.15, 0.2) is 29.2 Å². The van der Waals surface area contributed by atoms with Crippen molar-refractivity contribution in [2.45, 2.75) is 17.6 Å². The third kappa shape index (κ3) is 3.43. The van der Waals surface area contributed by atoms with Crippen molar-refractivity contribution >= 4 is 15.7 Å². The van der Waals surface area contributed by atoms with Crippen molar-refractivity contribution in [1.29, 1.82) is 0 Å². The number of aromatic nitrogens is 2. The molecule has 128 valence electrons. The van der Waals surface area contributed by atoms with E-state index in [4.69, 9.17) is 9.47 Å². The van der Waals surface area contributed by atoms with E-state index in [2.05, 4.69) is 9.97 Å². The summed E-state index contributed by atoms with van der Waals surface area (Å²) in [6, 6.07) is 6.43. The van der Waals surface area contributed by atoms with E-state index in [0.29, 0.717) is 30.5 Å². The van der Waals surface area contributed by atoms with Crippen molar-refractivity contribution in [3.05, 3.63) is 35.8 Å². The summed E-state index contributed by atoms with van der Waals surface area (Å²) in [7, 11) is 0.111. The van der Waals surface area contributed by atoms with Gasteiger partial charge in [0.1, 0.15) is 30.6 Å². The second kappa shape index (κ2) is 6.27. The molecule has 0 bridgehead atoms. The second-order valence-electron chi connectivity index (χ2n) is 5.74. The Morgan fingerprint density at radius 3 is 2.50 bits per heavy atom. The van der Waals surface area contributed by atoms with Gasteiger partial charge in [0.05, 0.1) is 4.90 Å². The maximum atomic E-state index is 12.7. The fraction of sp³-hybridized carbons (Fsp3) is 0.375. The van der Waals surface area contributed by atoms with Crippen molar-refractivity contribution in [2.75, 3.05) is 32.2 Å². The quantitative estimate of drug-likeness (QED) is 0.829. The van der Waals surface area contributed by atoms with Crippen LogP contribution >= 0.6 is 0 Å². The summed E-state index contributed by atoms with van der Waals surface area (Å²) >= 11 is 0. The highest BCUT2D eigenvalue weighted by Crippen LogP contribution is 2.33. The van der Waals surface area contributed by atoms with Gasteiger partial charge in [-0.3, -0.25) is 0 Å². The van der Waals surface area contributed by atoms with E-state index in [1.807, 2.05) is 25.9 Å². The van der Waals surface area contributed by atoms with Crippen LogP contribution in [0, 0.1) is 6.92 Å². The number of nitrogens with zero attached hydrogens (tertiary/aromatic N) is 3. The van der Waals surface area contributed by atoms with Gasteiger partial charge < -0.3 is 14.4 Å². The molecule has 0 atom stereocenters. The van der Waals surface area contributed by atoms with Gasteiger partial charge in [-0.25, -0.2) is 18.4 Å². The number of fused-ring (bicyclic) bond motifs is 1. The number of ether oxygens (including phenoxy) is 2. The highest BCUT2D eigenvalue weighted by atomic mass is 32.2. The third-order valence-corrected chi connectivity index (χ3v) is 5.15. The van der Waals surface area contributed by atoms with Crippen LogP contribution in [0.2, 0.25) is 0 Å². The SMILES string of the molecule is Cc1cc(N(C)C)nc(CS(=O)(=O)c2ccc3c(c2)OCCO3)n1. The van der Waals surface area contributed by atoms with Crippen LogP contribution in [-0.2, 0) is 15.6 Å². The summed E-state index contributed by atoms with van der Waals surface area (Å²) < 4.78 is 36.2. The molecule has 0 saturated carbocycles. The standard InChI is InChI=1S/C16H19N3O4S/c1-11-8-16(19(2)3)18-15(17-11)10-24(20,21)12-4-5-13-14(9-12)23-7-6-22-13/h4-5,8-9H,6-7,10H2,1-3H3. The molecular weight excluding hydrogens is 330 g/mol. The topological polar surface area (TPSA) is 81.6 Å². The molecular formula is C16H19N3O4S. The monoisotopic (exact) mass is 349 g/mol. The number of sulfone groups is 1. The van der Waals surface area contributed by atoms with Gasteiger partial charge in [-0.1, -0.05) is 0 Å². The first-order valence-electron chi connectivity index (χ1n) is 7.49. The van der Waals surface area contributed by atoms with Gasteiger partial charge >= 0.3 is 0 Å². The lowest BCUT2D eigenvalue weighted by molar-refractivity contribution is 0.171. The number of benzene rings is 1. The first kappa shape index (κ1) is 16.5. The molecule has 7 nitrogen and oxygen atoms in total. The van der Waals surface area contributed by atoms with Gasteiger partial charge in [0, 0.05) is 31.9 Å². The third-order valence-electron chi connectivity index (χ3n) is 3.54. The zero-order chi connectivity index (χ0) is 17.3. The predicted molar refractivity (Wildman–Crippen MR) is 89.4 cm³/mol. The average Bonchev–Trinajstić information content (AvgIpc) is 2.53. The van der Waals surface area contributed by atoms with Crippen molar-refractivity contribution < 1.29 is 17.9 Å². The van der Waals surface area contributed by atoms with Crippen LogP contribution in [0.5, 0.6) is 11.5 Å². The van der Waals surface area contributed by atoms with Crippen LogP contribution in [0.4, 0.5) is 5.82 Å². The molecule has 0 radical (unpaired) electrons. The van der Waals surface area contributed by atoms with E-state index in [-0.39, 0.29) is 16.5 Å². The first-order valence-corrected chi connectivity index (χ1v) is 9.15. The van der Waals surface area contributed by atoms with Crippen molar-refractivity contribution in [3.63, 3.8) is 0 Å². The van der Waals surface area contributed by atoms with E-state index >= 15 is 0 Å². The highest BCUT2D eigenvalue weighted by Gasteiger charge is 2.21. The van der Waals surface area contributed by atoms with Crippen LogP contribution in [0.1, 0.15) is 11.5 Å². The lowest BCUT2D eigenvalue weighted by Crippen LogP contribution is -2.17. The molecule has 1 aromatic heterocycles. The molecule has 2 heterocycles. The lowest BCUT2D eigenvalue weighted by atomic mass is 10.3. The van der Waals surface area contributed by atoms with E-state index < -0.39 is 9.84 Å². The Balaban J connectivity index is 1.92. The average molecular weight is 349 g/mol. The molecule has 0 N–H and O–H groups in total. The van der Waals surface area contributed by atoms with E-state index in [9.17, 15) is 8.42 Å². The minimum Gasteiger partial charge on any atom is -0.486 e. The zero-order valence-electron chi connectivity index (χ0n) is 13.8. The largest absolute Gasteiger partial charge is 0.486 e. The molecule has 0 unspecified atom stereocenters. The minimum atomic E-state index is -3.59. The molecule has 0 saturated heterocycles. The number of anilines is 1. The number of aryl methyl sites for hydroxylation is 1. The lowest BCUT2D eigenvalue weighted by Gasteiger charge is -2.19. The summed E-state index contributed by atoms with van der Waals surface area (Å²) in [6.07, 6.45) is 0. The van der Waals surface area contributed by atoms with E-state index in [1.165, 1.54) is 12.1 Å². The molecule has 0 amide bonds. The second-order valence-corrected chi connectivity index (χ2v) is 7.73. The maximum absolute atomic E-state index is 12.7. The Morgan fingerprint density at radius 1 is 1.08 bits per heavy atom. The molecule has 24 heavy (non-hydrogen) atoms. The van der Waals surface area contributed by atoms with Crippen LogP contribution in [0.3, 0.4) is 0 Å². The van der Waals surface area contributed by atoms with E-state index in [0.717, 1.165) is 5.69 Å². The zero-order valence-corrected chi connectivity index (χ0v) is 14.6. The molecule has 3 rings (SSSR count). The Morgan fingerprint density at radius 2 is 1.79 bits per heavy atom. The van der Waals surface area contributed by atoms with Gasteiger partial charge in [0.15, 0.2) is 21.3 Å². The molecule has 1 aliphatic rings. The van der Waals surface area contributed by atoms with E-state index in [1.54, 1.807) is 12.1 Å². The maximum Gasteiger partial charge on any atom is 0.185 e. The Hall–Kier alpha value is -2.35. The molecule has 0 aliphatic carbocycles. The van der Waals surface area contributed by atoms with Crippen molar-refractivity contribution in [1.82, 2.24) is 9.97 Å². The van der Waals surface area contributed by atoms with Gasteiger partial charge in [-0.05, 0) is 19.1 Å². The first-order chi connectivity index (χ1) is 11.3. The molecule has 1 aliphatic heterocycles. The van der Waals surface area contributed by atoms with Gasteiger partial charge in [-0.2, -0.15) is 0 Å². The van der Waals surface area contributed by atoms with Gasteiger partial charge in [0.2, 0.25) is 0 Å². The van der Waals surface area contributed by atoms with Crippen molar-refractivity contribution in [3.8, 4) is 11.5 Å². The molecule has 2 aromatic rings. The summed E-state index contributed by atoms with van der Waals surface area (Å²) in [6.45, 7) is 2.68. The smallest absolute Gasteiger partial charge is 0.185 e. The summed E-state index contributed by atoms with van der Waals surface area (Å²) in [5.41, 5.74) is 0.723. The Bertz CT molecular complexity index is 866. The normalized spacial score (nSPS) is 13.6. The van der Waals surface area contributed by atoms with Crippen LogP contribution < -0.4 is 14.4 Å². The highest BCUT2D eigenvalue weighted by molar-refractivity contribution is 7.90. The molecule has 0 spiro atoms. The Kier molecular flexibility index (Phi) is 4.31. The number of rotatable bonds is 4. The number of hydrogen-bond donors (Lipinski definition) is 0. The summed E-state index contributed by atoms with van der Waals surface area (Å²) in [4.78, 5) is 10.5. The molecule has 0 fully saturated rings. The van der Waals surface area contributed by atoms with Gasteiger partial charge in [-0.15, -0.1) is 0 Å². The minimum absolute atomic E-state index is 0.170. The predicted octanol–water partition coefficient (Wildman–Crippen LogP) is 1.60. The van der Waals surface area contributed by atoms with Crippen LogP contribution in [0.25, 0.3) is 0 Å². The number of hydrogen-bond acceptors (Lipinski definition) is 7. The van der Waals surface area contributed by atoms with Crippen molar-refractivity contribution in [2.24, 2.45) is 0 Å². The molecule has 1 aromatic carbocycles. The summed E-state index contributed by atoms with van der Waals surface area (Å²) in [5, 5.41) is 0. The fourth-order valence-corrected chi connectivity index (χ4v) is 3.57. The fourth-order valence-electron chi connectivity index (χ4n) is 2.38. The molecule has 8 heteroatoms. The summed E-state index contributed by atoms with van der Waals surface area (Å²) in [5.74, 6) is 1.68. The Labute approximate surface area is 141 Å².